The number of likely N-dealkylation sites (N-methyl/N-ethyl adjacent to an activating group) is 1. The second-order valence-electron chi connectivity index (χ2n) is 3.81. The standard InChI is InChI=1S/C7H17NO5.3CH3NS2.Fe/c1-8-2-4(10)6(12)7(13)5(11)3-9;3*2-1(3)4;/h4-13H,2-3H2,1H3;3*(H3,2,3,4);/q;;;;+3/p-3/t4-,5+,6+,7+;;;;/m0..../s1. The van der Waals surface area contributed by atoms with Crippen LogP contribution >= 0.6 is 36.7 Å². The largest absolute Gasteiger partial charge is 3.00 e. The summed E-state index contributed by atoms with van der Waals surface area (Å²) < 4.78 is 0.250. The van der Waals surface area contributed by atoms with E-state index in [-0.39, 0.29) is 36.6 Å². The second kappa shape index (κ2) is 25.6. The van der Waals surface area contributed by atoms with E-state index in [0.29, 0.717) is 0 Å². The first-order valence-corrected chi connectivity index (χ1v) is 8.56. The van der Waals surface area contributed by atoms with Crippen LogP contribution in [0.25, 0.3) is 0 Å². The molecule has 0 rings (SSSR count). The minimum absolute atomic E-state index is 0. The monoisotopic (exact) mass is 527 g/mol. The summed E-state index contributed by atoms with van der Waals surface area (Å²) in [5.41, 5.74) is 14.0. The van der Waals surface area contributed by atoms with Crippen LogP contribution in [0.15, 0.2) is 0 Å². The van der Waals surface area contributed by atoms with Crippen LogP contribution in [0.4, 0.5) is 0 Å². The Morgan fingerprint density at radius 2 is 1.08 bits per heavy atom. The number of rotatable bonds is 6. The van der Waals surface area contributed by atoms with Crippen molar-refractivity contribution in [1.29, 1.82) is 0 Å². The molecule has 0 aliphatic carbocycles. The molecule has 16 heteroatoms. The first kappa shape index (κ1) is 37.4. The molecule has 0 saturated heterocycles. The third-order valence-electron chi connectivity index (χ3n) is 1.74. The molecule has 1 radical (unpaired) electrons. The maximum Gasteiger partial charge on any atom is 3.00 e. The summed E-state index contributed by atoms with van der Waals surface area (Å²) in [5, 5.41) is 47.5. The van der Waals surface area contributed by atoms with Crippen LogP contribution in [0.3, 0.4) is 0 Å². The molecule has 0 heterocycles. The van der Waals surface area contributed by atoms with Gasteiger partial charge in [0.25, 0.3) is 0 Å². The first-order chi connectivity index (χ1) is 11.2. The number of hydrogen-bond donors (Lipinski definition) is 9. The molecule has 0 unspecified atom stereocenters. The minimum atomic E-state index is -1.55. The number of nitrogens with one attached hydrogen (secondary N) is 1. The zero-order valence-electron chi connectivity index (χ0n) is 13.5. The summed E-state index contributed by atoms with van der Waals surface area (Å²) in [4.78, 5) is 0. The van der Waals surface area contributed by atoms with Crippen molar-refractivity contribution in [1.82, 2.24) is 5.32 Å². The quantitative estimate of drug-likeness (QED) is 0.0921. The molecule has 0 aliphatic rings. The molecule has 0 aromatic carbocycles. The zero-order valence-corrected chi connectivity index (χ0v) is 19.5. The van der Waals surface area contributed by atoms with Crippen molar-refractivity contribution in [3.63, 3.8) is 0 Å². The molecule has 0 aliphatic heterocycles. The van der Waals surface area contributed by atoms with Gasteiger partial charge in [0.2, 0.25) is 0 Å². The molecule has 0 fully saturated rings. The number of nitrogens with two attached hydrogens (primary N) is 3. The number of aliphatic hydroxyl groups excluding tert-OH is 5. The zero-order chi connectivity index (χ0) is 21.2. The first-order valence-electron chi connectivity index (χ1n) is 6.11. The summed E-state index contributed by atoms with van der Waals surface area (Å²) in [6.45, 7) is -0.569. The third kappa shape index (κ3) is 44.2. The number of aliphatic hydroxyl groups is 5. The summed E-state index contributed by atoms with van der Waals surface area (Å²) in [5.74, 6) is 0. The fourth-order valence-electron chi connectivity index (χ4n) is 0.893. The van der Waals surface area contributed by atoms with Crippen LogP contribution in [0.2, 0.25) is 0 Å². The Labute approximate surface area is 196 Å². The van der Waals surface area contributed by atoms with Gasteiger partial charge in [-0.25, -0.2) is 0 Å². The van der Waals surface area contributed by atoms with Gasteiger partial charge >= 0.3 is 17.1 Å². The predicted molar refractivity (Wildman–Crippen MR) is 117 cm³/mol. The normalized spacial score (nSPS) is 13.2. The Morgan fingerprint density at radius 3 is 1.27 bits per heavy atom. The van der Waals surface area contributed by atoms with E-state index in [9.17, 15) is 5.11 Å². The Bertz CT molecular complexity index is 334. The summed E-state index contributed by atoms with van der Waals surface area (Å²) in [6, 6.07) is 0. The molecule has 0 saturated carbocycles. The average molecular weight is 528 g/mol. The minimum Gasteiger partial charge on any atom is -0.415 e. The van der Waals surface area contributed by atoms with Gasteiger partial charge in [0.05, 0.1) is 12.7 Å². The molecule has 0 amide bonds. The van der Waals surface area contributed by atoms with E-state index in [0.717, 1.165) is 0 Å². The van der Waals surface area contributed by atoms with Gasteiger partial charge in [-0.05, 0) is 7.05 Å². The second-order valence-corrected chi connectivity index (χ2v) is 7.23. The van der Waals surface area contributed by atoms with Gasteiger partial charge in [-0.2, -0.15) is 0 Å². The summed E-state index contributed by atoms with van der Waals surface area (Å²) in [7, 11) is 1.57. The Kier molecular flexibility index (Phi) is 36.8. The maximum absolute atomic E-state index is 9.21. The molecular weight excluding hydrogens is 504 g/mol. The van der Waals surface area contributed by atoms with Crippen LogP contribution in [-0.2, 0) is 55.0 Å². The Balaban J connectivity index is -0.0000000933. The van der Waals surface area contributed by atoms with E-state index >= 15 is 0 Å². The molecular formula is C10H23FeN4O5S6. The van der Waals surface area contributed by atoms with E-state index in [2.05, 4.69) is 97.1 Å². The third-order valence-corrected chi connectivity index (χ3v) is 1.74. The van der Waals surface area contributed by atoms with Crippen LogP contribution < -0.4 is 22.5 Å². The topological polar surface area (TPSA) is 191 Å². The van der Waals surface area contributed by atoms with E-state index < -0.39 is 31.0 Å². The molecule has 12 N–H and O–H groups in total. The van der Waals surface area contributed by atoms with Gasteiger partial charge in [-0.3, -0.25) is 0 Å². The summed E-state index contributed by atoms with van der Waals surface area (Å²) in [6.07, 6.45) is -5.65. The average Bonchev–Trinajstić information content (AvgIpc) is 2.43. The van der Waals surface area contributed by atoms with E-state index in [1.807, 2.05) is 0 Å². The van der Waals surface area contributed by atoms with E-state index in [4.69, 9.17) is 20.4 Å². The van der Waals surface area contributed by atoms with Crippen molar-refractivity contribution in [3.8, 4) is 0 Å². The molecule has 0 bridgehead atoms. The van der Waals surface area contributed by atoms with Crippen LogP contribution in [-0.4, -0.2) is 83.1 Å². The van der Waals surface area contributed by atoms with Crippen molar-refractivity contribution < 1.29 is 42.6 Å². The van der Waals surface area contributed by atoms with Gasteiger partial charge in [-0.1, -0.05) is 13.0 Å². The van der Waals surface area contributed by atoms with Gasteiger partial charge in [0.15, 0.2) is 0 Å². The molecule has 9 nitrogen and oxygen atoms in total. The molecule has 26 heavy (non-hydrogen) atoms. The van der Waals surface area contributed by atoms with Crippen molar-refractivity contribution in [3.05, 3.63) is 0 Å². The van der Waals surface area contributed by atoms with Gasteiger partial charge in [0, 0.05) is 6.54 Å². The summed E-state index contributed by atoms with van der Waals surface area (Å²) >= 11 is 24.8. The van der Waals surface area contributed by atoms with Crippen molar-refractivity contribution in [2.75, 3.05) is 20.2 Å². The molecule has 0 aromatic rings. The number of hydrogen-bond acceptors (Lipinski definition) is 12. The Morgan fingerprint density at radius 1 is 0.846 bits per heavy atom. The Hall–Kier alpha value is 0.609. The fourth-order valence-corrected chi connectivity index (χ4v) is 0.893. The predicted octanol–water partition coefficient (Wildman–Crippen LogP) is -4.03. The molecule has 157 valence electrons. The van der Waals surface area contributed by atoms with Crippen molar-refractivity contribution in [2.45, 2.75) is 24.4 Å². The smallest absolute Gasteiger partial charge is 0.415 e. The fraction of sp³-hybridized carbons (Fsp3) is 0.700. The van der Waals surface area contributed by atoms with Gasteiger partial charge < -0.3 is 123 Å². The van der Waals surface area contributed by atoms with Gasteiger partial charge in [-0.15, -0.1) is 0 Å². The number of thiocarbonyl (C=S) groups is 3. The van der Waals surface area contributed by atoms with Gasteiger partial charge in [0.1, 0.15) is 18.3 Å². The van der Waals surface area contributed by atoms with E-state index in [1.54, 1.807) is 7.05 Å². The van der Waals surface area contributed by atoms with Crippen molar-refractivity contribution in [2.24, 2.45) is 17.2 Å². The SMILES string of the molecule is CNC[C@H](O)[C@@H](O)[C@H](O)[C@H](O)CO.NC(=S)[S-].NC(=S)[S-].NC(=S)[S-].[Fe+3]. The van der Waals surface area contributed by atoms with Crippen LogP contribution in [0.5, 0.6) is 0 Å². The van der Waals surface area contributed by atoms with Crippen LogP contribution in [0.1, 0.15) is 0 Å². The van der Waals surface area contributed by atoms with E-state index in [1.165, 1.54) is 0 Å². The maximum atomic E-state index is 9.21. The van der Waals surface area contributed by atoms with Crippen LogP contribution in [0, 0.1) is 0 Å². The van der Waals surface area contributed by atoms with Crippen molar-refractivity contribution >= 4 is 87.5 Å². The molecule has 0 aromatic heterocycles. The molecule has 0 spiro atoms. The molecule has 4 atom stereocenters.